The van der Waals surface area contributed by atoms with Crippen LogP contribution >= 0.6 is 0 Å². The van der Waals surface area contributed by atoms with E-state index in [2.05, 4.69) is 42.8 Å². The first kappa shape index (κ1) is 14.5. The SMILES string of the molecule is CCn1nc(C)c(C(C)NC2CCC(OC)C2)c1C. The van der Waals surface area contributed by atoms with Gasteiger partial charge in [-0.05, 0) is 47.0 Å². The first-order valence-corrected chi connectivity index (χ1v) is 7.39. The molecule has 1 heterocycles. The van der Waals surface area contributed by atoms with Gasteiger partial charge in [0.2, 0.25) is 0 Å². The summed E-state index contributed by atoms with van der Waals surface area (Å²) in [4.78, 5) is 0. The average Bonchev–Trinajstić information content (AvgIpc) is 2.93. The lowest BCUT2D eigenvalue weighted by atomic mass is 10.0. The molecule has 1 N–H and O–H groups in total. The Morgan fingerprint density at radius 3 is 2.68 bits per heavy atom. The van der Waals surface area contributed by atoms with E-state index in [-0.39, 0.29) is 0 Å². The summed E-state index contributed by atoms with van der Waals surface area (Å²) in [5.74, 6) is 0. The molecule has 0 amide bonds. The topological polar surface area (TPSA) is 39.1 Å². The number of aryl methyl sites for hydroxylation is 2. The van der Waals surface area contributed by atoms with Crippen LogP contribution in [0.15, 0.2) is 0 Å². The van der Waals surface area contributed by atoms with E-state index in [4.69, 9.17) is 4.74 Å². The minimum absolute atomic E-state index is 0.362. The first-order chi connectivity index (χ1) is 9.06. The van der Waals surface area contributed by atoms with Crippen molar-refractivity contribution >= 4 is 0 Å². The van der Waals surface area contributed by atoms with Gasteiger partial charge in [0.1, 0.15) is 0 Å². The number of hydrogen-bond donors (Lipinski definition) is 1. The fraction of sp³-hybridized carbons (Fsp3) is 0.800. The highest BCUT2D eigenvalue weighted by Gasteiger charge is 2.27. The van der Waals surface area contributed by atoms with E-state index in [0.717, 1.165) is 18.7 Å². The van der Waals surface area contributed by atoms with Gasteiger partial charge in [-0.25, -0.2) is 0 Å². The van der Waals surface area contributed by atoms with Crippen LogP contribution in [0.5, 0.6) is 0 Å². The lowest BCUT2D eigenvalue weighted by molar-refractivity contribution is 0.106. The second kappa shape index (κ2) is 6.06. The van der Waals surface area contributed by atoms with Gasteiger partial charge in [0.15, 0.2) is 0 Å². The van der Waals surface area contributed by atoms with Crippen LogP contribution in [0.1, 0.15) is 56.1 Å². The third-order valence-electron chi connectivity index (χ3n) is 4.37. The van der Waals surface area contributed by atoms with Crippen LogP contribution in [0.2, 0.25) is 0 Å². The molecule has 0 radical (unpaired) electrons. The molecule has 0 saturated heterocycles. The number of ether oxygens (including phenoxy) is 1. The Balaban J connectivity index is 2.04. The van der Waals surface area contributed by atoms with Gasteiger partial charge in [-0.15, -0.1) is 0 Å². The molecule has 3 unspecified atom stereocenters. The molecule has 4 heteroatoms. The molecular weight excluding hydrogens is 238 g/mol. The second-order valence-corrected chi connectivity index (χ2v) is 5.66. The van der Waals surface area contributed by atoms with Crippen molar-refractivity contribution in [3.63, 3.8) is 0 Å². The van der Waals surface area contributed by atoms with E-state index in [1.165, 1.54) is 24.1 Å². The molecule has 108 valence electrons. The van der Waals surface area contributed by atoms with Crippen LogP contribution in [0.3, 0.4) is 0 Å². The molecule has 19 heavy (non-hydrogen) atoms. The summed E-state index contributed by atoms with van der Waals surface area (Å²) < 4.78 is 7.53. The third-order valence-corrected chi connectivity index (χ3v) is 4.37. The van der Waals surface area contributed by atoms with Crippen molar-refractivity contribution in [2.75, 3.05) is 7.11 Å². The minimum atomic E-state index is 0.362. The van der Waals surface area contributed by atoms with E-state index in [0.29, 0.717) is 18.2 Å². The fourth-order valence-electron chi connectivity index (χ4n) is 3.39. The highest BCUT2D eigenvalue weighted by Crippen LogP contribution is 2.27. The molecule has 4 nitrogen and oxygen atoms in total. The van der Waals surface area contributed by atoms with Crippen molar-refractivity contribution < 1.29 is 4.74 Å². The van der Waals surface area contributed by atoms with Gasteiger partial charge in [-0.1, -0.05) is 0 Å². The Labute approximate surface area is 116 Å². The molecule has 1 saturated carbocycles. The van der Waals surface area contributed by atoms with Crippen LogP contribution in [0.25, 0.3) is 0 Å². The second-order valence-electron chi connectivity index (χ2n) is 5.66. The molecule has 2 rings (SSSR count). The minimum Gasteiger partial charge on any atom is -0.381 e. The van der Waals surface area contributed by atoms with Gasteiger partial charge < -0.3 is 10.1 Å². The standard InChI is InChI=1S/C15H27N3O/c1-6-18-12(4)15(11(3)17-18)10(2)16-13-7-8-14(9-13)19-5/h10,13-14,16H,6-9H2,1-5H3. The Hall–Kier alpha value is -0.870. The van der Waals surface area contributed by atoms with Crippen molar-refractivity contribution in [1.82, 2.24) is 15.1 Å². The van der Waals surface area contributed by atoms with Gasteiger partial charge in [-0.3, -0.25) is 4.68 Å². The first-order valence-electron chi connectivity index (χ1n) is 7.39. The number of nitrogens with one attached hydrogen (secondary N) is 1. The smallest absolute Gasteiger partial charge is 0.0644 e. The monoisotopic (exact) mass is 265 g/mol. The van der Waals surface area contributed by atoms with Gasteiger partial charge in [0.05, 0.1) is 11.8 Å². The van der Waals surface area contributed by atoms with Crippen molar-refractivity contribution in [2.24, 2.45) is 0 Å². The molecule has 0 aliphatic heterocycles. The number of aromatic nitrogens is 2. The summed E-state index contributed by atoms with van der Waals surface area (Å²) in [6.07, 6.45) is 3.95. The van der Waals surface area contributed by atoms with Crippen LogP contribution in [0.4, 0.5) is 0 Å². The zero-order valence-electron chi connectivity index (χ0n) is 12.9. The maximum absolute atomic E-state index is 5.44. The molecule has 1 aromatic heterocycles. The Morgan fingerprint density at radius 1 is 1.42 bits per heavy atom. The molecule has 1 fully saturated rings. The normalized spacial score (nSPS) is 24.9. The van der Waals surface area contributed by atoms with Gasteiger partial charge in [-0.2, -0.15) is 5.10 Å². The zero-order valence-corrected chi connectivity index (χ0v) is 12.9. The molecule has 3 atom stereocenters. The highest BCUT2D eigenvalue weighted by atomic mass is 16.5. The van der Waals surface area contributed by atoms with E-state index < -0.39 is 0 Å². The maximum Gasteiger partial charge on any atom is 0.0644 e. The van der Waals surface area contributed by atoms with E-state index >= 15 is 0 Å². The van der Waals surface area contributed by atoms with Gasteiger partial charge in [0.25, 0.3) is 0 Å². The van der Waals surface area contributed by atoms with Crippen molar-refractivity contribution in [1.29, 1.82) is 0 Å². The van der Waals surface area contributed by atoms with Gasteiger partial charge >= 0.3 is 0 Å². The van der Waals surface area contributed by atoms with E-state index in [1.807, 2.05) is 7.11 Å². The summed E-state index contributed by atoms with van der Waals surface area (Å²) in [5.41, 5.74) is 3.81. The Kier molecular flexibility index (Phi) is 4.63. The largest absolute Gasteiger partial charge is 0.381 e. The van der Waals surface area contributed by atoms with Crippen LogP contribution in [-0.2, 0) is 11.3 Å². The summed E-state index contributed by atoms with van der Waals surface area (Å²) >= 11 is 0. The third kappa shape index (κ3) is 3.00. The molecule has 0 spiro atoms. The van der Waals surface area contributed by atoms with E-state index in [1.54, 1.807) is 0 Å². The zero-order chi connectivity index (χ0) is 14.0. The summed E-state index contributed by atoms with van der Waals surface area (Å²) in [5, 5.41) is 8.35. The molecule has 1 aliphatic carbocycles. The van der Waals surface area contributed by atoms with Crippen LogP contribution in [-0.4, -0.2) is 29.0 Å². The quantitative estimate of drug-likeness (QED) is 0.889. The van der Waals surface area contributed by atoms with Crippen LogP contribution in [0, 0.1) is 13.8 Å². The molecule has 1 aromatic rings. The summed E-state index contributed by atoms with van der Waals surface area (Å²) in [6.45, 7) is 9.61. The maximum atomic E-state index is 5.44. The highest BCUT2D eigenvalue weighted by molar-refractivity contribution is 5.28. The molecule has 1 aliphatic rings. The number of nitrogens with zero attached hydrogens (tertiary/aromatic N) is 2. The lowest BCUT2D eigenvalue weighted by Crippen LogP contribution is -2.30. The molecule has 0 bridgehead atoms. The number of hydrogen-bond acceptors (Lipinski definition) is 3. The van der Waals surface area contributed by atoms with Crippen molar-refractivity contribution in [3.05, 3.63) is 17.0 Å². The average molecular weight is 265 g/mol. The van der Waals surface area contributed by atoms with Crippen molar-refractivity contribution in [2.45, 2.75) is 71.7 Å². The van der Waals surface area contributed by atoms with Gasteiger partial charge in [0, 0.05) is 37.0 Å². The summed E-state index contributed by atoms with van der Waals surface area (Å²) in [6, 6.07) is 0.935. The Bertz CT molecular complexity index is 427. The Morgan fingerprint density at radius 2 is 2.16 bits per heavy atom. The molecule has 0 aromatic carbocycles. The summed E-state index contributed by atoms with van der Waals surface area (Å²) in [7, 11) is 1.82. The number of methoxy groups -OCH3 is 1. The van der Waals surface area contributed by atoms with Crippen molar-refractivity contribution in [3.8, 4) is 0 Å². The van der Waals surface area contributed by atoms with E-state index in [9.17, 15) is 0 Å². The molecular formula is C15H27N3O. The predicted molar refractivity (Wildman–Crippen MR) is 77.4 cm³/mol. The lowest BCUT2D eigenvalue weighted by Gasteiger charge is -2.20. The fourth-order valence-corrected chi connectivity index (χ4v) is 3.39. The number of rotatable bonds is 5. The van der Waals surface area contributed by atoms with Crippen LogP contribution < -0.4 is 5.32 Å². The predicted octanol–water partition coefficient (Wildman–Crippen LogP) is 2.74.